The molecule has 1 aliphatic heterocycles. The second kappa shape index (κ2) is 8.63. The Hall–Kier alpha value is -3.61. The molecule has 4 rings (SSSR count). The van der Waals surface area contributed by atoms with Crippen LogP contribution in [0.15, 0.2) is 65.9 Å². The van der Waals surface area contributed by atoms with Gasteiger partial charge < -0.3 is 14.8 Å². The Balaban J connectivity index is 1.71. The van der Waals surface area contributed by atoms with Crippen LogP contribution in [-0.2, 0) is 9.53 Å². The highest BCUT2D eigenvalue weighted by molar-refractivity contribution is 5.95. The summed E-state index contributed by atoms with van der Waals surface area (Å²) >= 11 is 0. The van der Waals surface area contributed by atoms with Crippen LogP contribution in [0.5, 0.6) is 5.75 Å². The topological polar surface area (TPSA) is 84.9 Å². The van der Waals surface area contributed by atoms with Gasteiger partial charge in [-0.2, -0.15) is 0 Å². The number of carbonyl (C=O) groups is 3. The monoisotopic (exact) mass is 420 g/mol. The van der Waals surface area contributed by atoms with Crippen LogP contribution in [0.2, 0.25) is 0 Å². The summed E-state index contributed by atoms with van der Waals surface area (Å²) in [7, 11) is 1.33. The molecule has 2 aliphatic rings. The van der Waals surface area contributed by atoms with Crippen molar-refractivity contribution in [2.75, 3.05) is 13.7 Å². The first-order chi connectivity index (χ1) is 15.0. The minimum atomic E-state index is -0.630. The van der Waals surface area contributed by atoms with Crippen molar-refractivity contribution in [1.82, 2.24) is 10.2 Å². The molecule has 0 spiro atoms. The lowest BCUT2D eigenvalue weighted by atomic mass is 9.94. The van der Waals surface area contributed by atoms with Gasteiger partial charge in [-0.15, -0.1) is 0 Å². The summed E-state index contributed by atoms with van der Waals surface area (Å²) in [6.07, 6.45) is 1.74. The van der Waals surface area contributed by atoms with Crippen molar-refractivity contribution in [2.24, 2.45) is 0 Å². The minimum Gasteiger partial charge on any atom is -0.487 e. The third-order valence-electron chi connectivity index (χ3n) is 5.46. The average molecular weight is 420 g/mol. The van der Waals surface area contributed by atoms with E-state index in [1.165, 1.54) is 14.0 Å². The van der Waals surface area contributed by atoms with Crippen LogP contribution in [-0.4, -0.2) is 42.4 Å². The summed E-state index contributed by atoms with van der Waals surface area (Å²) in [5.74, 6) is 0.00142. The molecule has 7 heteroatoms. The number of nitrogens with one attached hydrogen (secondary N) is 1. The normalized spacial score (nSPS) is 18.5. The van der Waals surface area contributed by atoms with Gasteiger partial charge in [0.25, 0.3) is 0 Å². The summed E-state index contributed by atoms with van der Waals surface area (Å²) in [6, 6.07) is 15.2. The molecule has 0 radical (unpaired) electrons. The molecule has 2 aromatic rings. The third kappa shape index (κ3) is 4.30. The van der Waals surface area contributed by atoms with Crippen molar-refractivity contribution < 1.29 is 23.9 Å². The fourth-order valence-electron chi connectivity index (χ4n) is 3.73. The number of hydrogen-bond donors (Lipinski definition) is 1. The largest absolute Gasteiger partial charge is 0.487 e. The highest BCUT2D eigenvalue weighted by atomic mass is 16.5. The lowest BCUT2D eigenvalue weighted by Gasteiger charge is -2.36. The molecule has 2 aromatic carbocycles. The number of urea groups is 1. The maximum absolute atomic E-state index is 13.0. The van der Waals surface area contributed by atoms with Gasteiger partial charge in [0.1, 0.15) is 12.4 Å². The number of methoxy groups -OCH3 is 1. The van der Waals surface area contributed by atoms with Gasteiger partial charge in [0.15, 0.2) is 5.78 Å². The molecule has 1 aliphatic carbocycles. The molecule has 1 saturated carbocycles. The number of Topliss-reactive ketones (excluding diaryl/α,β-unsaturated/α-hetero) is 1. The summed E-state index contributed by atoms with van der Waals surface area (Å²) in [4.78, 5) is 38.9. The fraction of sp³-hybridized carbons (Fsp3) is 0.292. The van der Waals surface area contributed by atoms with Crippen LogP contribution in [0, 0.1) is 0 Å². The number of rotatable bonds is 7. The Labute approximate surface area is 180 Å². The molecule has 31 heavy (non-hydrogen) atoms. The zero-order valence-corrected chi connectivity index (χ0v) is 17.5. The van der Waals surface area contributed by atoms with Crippen LogP contribution >= 0.6 is 0 Å². The van der Waals surface area contributed by atoms with Crippen molar-refractivity contribution in [3.8, 4) is 5.75 Å². The zero-order chi connectivity index (χ0) is 22.0. The van der Waals surface area contributed by atoms with Crippen molar-refractivity contribution >= 4 is 17.8 Å². The van der Waals surface area contributed by atoms with Gasteiger partial charge in [-0.1, -0.05) is 30.3 Å². The van der Waals surface area contributed by atoms with Crippen LogP contribution in [0.3, 0.4) is 0 Å². The SMILES string of the molecule is COC(=O)C1=C(COc2ccc(C(C)=O)cc2)N(C2CC2)C(=O)N[C@H]1c1ccccc1. The number of ketones is 1. The molecule has 1 fully saturated rings. The van der Waals surface area contributed by atoms with Gasteiger partial charge >= 0.3 is 12.0 Å². The van der Waals surface area contributed by atoms with Gasteiger partial charge in [-0.25, -0.2) is 9.59 Å². The minimum absolute atomic E-state index is 0.0249. The number of amides is 2. The van der Waals surface area contributed by atoms with E-state index in [4.69, 9.17) is 9.47 Å². The number of benzene rings is 2. The molecular weight excluding hydrogens is 396 g/mol. The number of esters is 1. The van der Waals surface area contributed by atoms with Gasteiger partial charge in [-0.3, -0.25) is 9.69 Å². The van der Waals surface area contributed by atoms with E-state index in [9.17, 15) is 14.4 Å². The maximum atomic E-state index is 13.0. The Kier molecular flexibility index (Phi) is 5.75. The van der Waals surface area contributed by atoms with E-state index < -0.39 is 12.0 Å². The fourth-order valence-corrected chi connectivity index (χ4v) is 3.73. The predicted molar refractivity (Wildman–Crippen MR) is 114 cm³/mol. The molecule has 1 heterocycles. The van der Waals surface area contributed by atoms with Crippen LogP contribution in [0.4, 0.5) is 4.79 Å². The van der Waals surface area contributed by atoms with Crippen molar-refractivity contribution in [3.05, 3.63) is 77.0 Å². The standard InChI is InChI=1S/C24H24N2O5/c1-15(27)16-8-12-19(13-9-16)31-14-20-21(23(28)30-2)22(17-6-4-3-5-7-17)25-24(29)26(20)18-10-11-18/h3-9,12-13,18,22H,10-11,14H2,1-2H3,(H,25,29)/t22-/m0/s1. The summed E-state index contributed by atoms with van der Waals surface area (Å²) < 4.78 is 11.0. The lowest BCUT2D eigenvalue weighted by molar-refractivity contribution is -0.136. The Morgan fingerprint density at radius 1 is 1.06 bits per heavy atom. The highest BCUT2D eigenvalue weighted by Crippen LogP contribution is 2.38. The molecule has 160 valence electrons. The maximum Gasteiger partial charge on any atom is 0.338 e. The van der Waals surface area contributed by atoms with Crippen molar-refractivity contribution in [1.29, 1.82) is 0 Å². The van der Waals surface area contributed by atoms with E-state index in [1.54, 1.807) is 29.2 Å². The zero-order valence-electron chi connectivity index (χ0n) is 17.5. The third-order valence-corrected chi connectivity index (χ3v) is 5.46. The van der Waals surface area contributed by atoms with Crippen LogP contribution in [0.25, 0.3) is 0 Å². The van der Waals surface area contributed by atoms with E-state index in [0.29, 0.717) is 22.6 Å². The highest BCUT2D eigenvalue weighted by Gasteiger charge is 2.44. The quantitative estimate of drug-likeness (QED) is 0.546. The smallest absolute Gasteiger partial charge is 0.338 e. The molecule has 1 N–H and O–H groups in total. The second-order valence-electron chi connectivity index (χ2n) is 7.62. The van der Waals surface area contributed by atoms with E-state index in [1.807, 2.05) is 30.3 Å². The average Bonchev–Trinajstić information content (AvgIpc) is 3.62. The summed E-state index contributed by atoms with van der Waals surface area (Å²) in [5.41, 5.74) is 2.24. The first-order valence-electron chi connectivity index (χ1n) is 10.2. The lowest BCUT2D eigenvalue weighted by Crippen LogP contribution is -2.50. The molecule has 1 atom stereocenters. The van der Waals surface area contributed by atoms with Gasteiger partial charge in [0, 0.05) is 11.6 Å². The Morgan fingerprint density at radius 3 is 2.32 bits per heavy atom. The van der Waals surface area contributed by atoms with Crippen LogP contribution < -0.4 is 10.1 Å². The molecular formula is C24H24N2O5. The van der Waals surface area contributed by atoms with Crippen LogP contribution in [0.1, 0.15) is 41.7 Å². The molecule has 7 nitrogen and oxygen atoms in total. The molecule has 0 unspecified atom stereocenters. The predicted octanol–water partition coefficient (Wildman–Crippen LogP) is 3.62. The molecule has 2 amide bonds. The van der Waals surface area contributed by atoms with E-state index >= 15 is 0 Å². The first kappa shape index (κ1) is 20.7. The number of ether oxygens (including phenoxy) is 2. The first-order valence-corrected chi connectivity index (χ1v) is 10.2. The second-order valence-corrected chi connectivity index (χ2v) is 7.62. The molecule has 0 aromatic heterocycles. The van der Waals surface area contributed by atoms with Gasteiger partial charge in [-0.05, 0) is 49.6 Å². The van der Waals surface area contributed by atoms with Gasteiger partial charge in [0.2, 0.25) is 0 Å². The summed E-state index contributed by atoms with van der Waals surface area (Å²) in [6.45, 7) is 1.53. The van der Waals surface area contributed by atoms with E-state index in [0.717, 1.165) is 18.4 Å². The van der Waals surface area contributed by atoms with E-state index in [2.05, 4.69) is 5.32 Å². The molecule has 0 bridgehead atoms. The number of nitrogens with zero attached hydrogens (tertiary/aromatic N) is 1. The van der Waals surface area contributed by atoms with Crippen molar-refractivity contribution in [3.63, 3.8) is 0 Å². The Morgan fingerprint density at radius 2 is 1.74 bits per heavy atom. The van der Waals surface area contributed by atoms with Gasteiger partial charge in [0.05, 0.1) is 24.4 Å². The van der Waals surface area contributed by atoms with E-state index in [-0.39, 0.29) is 24.5 Å². The number of hydrogen-bond acceptors (Lipinski definition) is 5. The number of carbonyl (C=O) groups excluding carboxylic acids is 3. The molecule has 0 saturated heterocycles. The summed E-state index contributed by atoms with van der Waals surface area (Å²) in [5, 5.41) is 2.95. The van der Waals surface area contributed by atoms with Crippen molar-refractivity contribution in [2.45, 2.75) is 31.8 Å². The Bertz CT molecular complexity index is 1030.